The third-order valence-electron chi connectivity index (χ3n) is 3.78. The average Bonchev–Trinajstić information content (AvgIpc) is 2.63. The first kappa shape index (κ1) is 17.7. The maximum atomic E-state index is 9.20. The number of para-hydroxylation sites is 1. The van der Waals surface area contributed by atoms with Crippen LogP contribution in [0.4, 0.5) is 17.5 Å². The van der Waals surface area contributed by atoms with Crippen molar-refractivity contribution in [2.45, 2.75) is 13.3 Å². The smallest absolute Gasteiger partial charge is 0.229 e. The van der Waals surface area contributed by atoms with Crippen molar-refractivity contribution in [1.82, 2.24) is 9.97 Å². The van der Waals surface area contributed by atoms with Crippen molar-refractivity contribution < 1.29 is 0 Å². The van der Waals surface area contributed by atoms with Crippen LogP contribution in [0.5, 0.6) is 0 Å². The molecule has 0 amide bonds. The van der Waals surface area contributed by atoms with Crippen molar-refractivity contribution in [2.75, 3.05) is 17.2 Å². The van der Waals surface area contributed by atoms with E-state index in [1.54, 1.807) is 6.07 Å². The molecule has 0 radical (unpaired) electrons. The quantitative estimate of drug-likeness (QED) is 0.663. The minimum atomic E-state index is 0.460. The summed E-state index contributed by atoms with van der Waals surface area (Å²) in [5, 5.41) is 16.4. The Hall–Kier alpha value is -3.10. The highest BCUT2D eigenvalue weighted by Crippen LogP contribution is 2.19. The summed E-state index contributed by atoms with van der Waals surface area (Å²) in [6, 6.07) is 19.1. The molecule has 26 heavy (non-hydrogen) atoms. The molecule has 3 rings (SSSR count). The number of hydrogen-bond donors (Lipinski definition) is 2. The van der Waals surface area contributed by atoms with Gasteiger partial charge in [-0.15, -0.1) is 0 Å². The molecule has 130 valence electrons. The first-order chi connectivity index (χ1) is 12.6. The topological polar surface area (TPSA) is 73.6 Å². The Morgan fingerprint density at radius 2 is 1.85 bits per heavy atom. The highest BCUT2D eigenvalue weighted by Gasteiger charge is 2.06. The number of halogens is 1. The van der Waals surface area contributed by atoms with E-state index in [9.17, 15) is 5.26 Å². The van der Waals surface area contributed by atoms with Crippen molar-refractivity contribution in [3.8, 4) is 6.07 Å². The Balaban J connectivity index is 1.67. The number of anilines is 3. The molecule has 1 aromatic heterocycles. The van der Waals surface area contributed by atoms with Gasteiger partial charge in [0.2, 0.25) is 5.95 Å². The van der Waals surface area contributed by atoms with Gasteiger partial charge in [0.1, 0.15) is 11.9 Å². The normalized spacial score (nSPS) is 10.2. The molecule has 5 nitrogen and oxygen atoms in total. The fourth-order valence-corrected chi connectivity index (χ4v) is 2.64. The van der Waals surface area contributed by atoms with E-state index in [2.05, 4.69) is 26.7 Å². The highest BCUT2D eigenvalue weighted by molar-refractivity contribution is 6.30. The summed E-state index contributed by atoms with van der Waals surface area (Å²) < 4.78 is 0. The predicted molar refractivity (Wildman–Crippen MR) is 105 cm³/mol. The second kappa shape index (κ2) is 8.32. The van der Waals surface area contributed by atoms with Crippen LogP contribution in [0, 0.1) is 18.3 Å². The monoisotopic (exact) mass is 363 g/mol. The van der Waals surface area contributed by atoms with Gasteiger partial charge in [-0.2, -0.15) is 10.2 Å². The van der Waals surface area contributed by atoms with E-state index in [0.29, 0.717) is 17.2 Å². The van der Waals surface area contributed by atoms with E-state index in [4.69, 9.17) is 11.6 Å². The van der Waals surface area contributed by atoms with E-state index in [0.717, 1.165) is 29.5 Å². The van der Waals surface area contributed by atoms with E-state index in [1.165, 1.54) is 5.56 Å². The summed E-state index contributed by atoms with van der Waals surface area (Å²) in [6.07, 6.45) is 0.861. The van der Waals surface area contributed by atoms with Gasteiger partial charge >= 0.3 is 0 Å². The van der Waals surface area contributed by atoms with Gasteiger partial charge in [0, 0.05) is 23.3 Å². The van der Waals surface area contributed by atoms with Gasteiger partial charge in [-0.3, -0.25) is 0 Å². The molecule has 0 unspecified atom stereocenters. The molecular weight excluding hydrogens is 346 g/mol. The lowest BCUT2D eigenvalue weighted by Crippen LogP contribution is -2.09. The highest BCUT2D eigenvalue weighted by atomic mass is 35.5. The summed E-state index contributed by atoms with van der Waals surface area (Å²) in [6.45, 7) is 2.65. The molecule has 2 N–H and O–H groups in total. The summed E-state index contributed by atoms with van der Waals surface area (Å²) in [5.41, 5.74) is 3.28. The van der Waals surface area contributed by atoms with Crippen LogP contribution in [-0.4, -0.2) is 16.5 Å². The summed E-state index contributed by atoms with van der Waals surface area (Å²) in [4.78, 5) is 8.88. The molecular formula is C20H18ClN5. The van der Waals surface area contributed by atoms with Crippen LogP contribution >= 0.6 is 11.6 Å². The van der Waals surface area contributed by atoms with Crippen LogP contribution in [-0.2, 0) is 6.42 Å². The largest absolute Gasteiger partial charge is 0.370 e. The minimum Gasteiger partial charge on any atom is -0.370 e. The van der Waals surface area contributed by atoms with Gasteiger partial charge in [-0.25, -0.2) is 4.98 Å². The maximum absolute atomic E-state index is 9.20. The molecule has 6 heteroatoms. The molecule has 3 aromatic rings. The summed E-state index contributed by atoms with van der Waals surface area (Å²) >= 11 is 5.90. The molecule has 0 aliphatic carbocycles. The summed E-state index contributed by atoms with van der Waals surface area (Å²) in [7, 11) is 0. The van der Waals surface area contributed by atoms with Crippen molar-refractivity contribution in [2.24, 2.45) is 0 Å². The molecule has 0 bridgehead atoms. The second-order valence-corrected chi connectivity index (χ2v) is 6.24. The standard InChI is InChI=1S/C20H18ClN5/c1-14-12-19(23-11-10-15-6-8-17(21)9-7-15)26-20(24-14)25-18-5-3-2-4-16(18)13-22/h2-9,12H,10-11H2,1H3,(H2,23,24,25,26). The Morgan fingerprint density at radius 3 is 2.62 bits per heavy atom. The van der Waals surface area contributed by atoms with Gasteiger partial charge in [-0.05, 0) is 43.2 Å². The first-order valence-electron chi connectivity index (χ1n) is 8.24. The van der Waals surface area contributed by atoms with Crippen molar-refractivity contribution >= 4 is 29.1 Å². The van der Waals surface area contributed by atoms with Gasteiger partial charge < -0.3 is 10.6 Å². The van der Waals surface area contributed by atoms with Crippen LogP contribution in [0.15, 0.2) is 54.6 Å². The van der Waals surface area contributed by atoms with Gasteiger partial charge in [0.25, 0.3) is 0 Å². The van der Waals surface area contributed by atoms with Crippen LogP contribution in [0.3, 0.4) is 0 Å². The first-order valence-corrected chi connectivity index (χ1v) is 8.62. The number of nitriles is 1. The molecule has 0 spiro atoms. The van der Waals surface area contributed by atoms with Gasteiger partial charge in [-0.1, -0.05) is 35.9 Å². The van der Waals surface area contributed by atoms with E-state index in [-0.39, 0.29) is 0 Å². The zero-order valence-corrected chi connectivity index (χ0v) is 15.1. The van der Waals surface area contributed by atoms with E-state index >= 15 is 0 Å². The number of nitrogens with one attached hydrogen (secondary N) is 2. The molecule has 2 aromatic carbocycles. The van der Waals surface area contributed by atoms with Crippen LogP contribution < -0.4 is 10.6 Å². The van der Waals surface area contributed by atoms with Crippen LogP contribution in [0.1, 0.15) is 16.8 Å². The fourth-order valence-electron chi connectivity index (χ4n) is 2.51. The third-order valence-corrected chi connectivity index (χ3v) is 4.03. The molecule has 0 aliphatic rings. The molecule has 1 heterocycles. The molecule has 0 saturated carbocycles. The van der Waals surface area contributed by atoms with Gasteiger partial charge in [0.05, 0.1) is 11.3 Å². The SMILES string of the molecule is Cc1cc(NCCc2ccc(Cl)cc2)nc(Nc2ccccc2C#N)n1. The molecule has 0 saturated heterocycles. The maximum Gasteiger partial charge on any atom is 0.229 e. The average molecular weight is 364 g/mol. The van der Waals surface area contributed by atoms with Crippen molar-refractivity contribution in [3.05, 3.63) is 76.4 Å². The lowest BCUT2D eigenvalue weighted by molar-refractivity contribution is 0.995. The van der Waals surface area contributed by atoms with E-state index < -0.39 is 0 Å². The Bertz CT molecular complexity index is 932. The number of hydrogen-bond acceptors (Lipinski definition) is 5. The number of nitrogens with zero attached hydrogens (tertiary/aromatic N) is 3. The molecule has 0 atom stereocenters. The second-order valence-electron chi connectivity index (χ2n) is 5.80. The predicted octanol–water partition coefficient (Wildman–Crippen LogP) is 4.71. The fraction of sp³-hybridized carbons (Fsp3) is 0.150. The van der Waals surface area contributed by atoms with Crippen LogP contribution in [0.25, 0.3) is 0 Å². The molecule has 0 aliphatic heterocycles. The Labute approximate surface area is 157 Å². The lowest BCUT2D eigenvalue weighted by atomic mass is 10.1. The molecule has 0 fully saturated rings. The zero-order valence-electron chi connectivity index (χ0n) is 14.3. The van der Waals surface area contributed by atoms with Gasteiger partial charge in [0.15, 0.2) is 0 Å². The van der Waals surface area contributed by atoms with Crippen LogP contribution in [0.2, 0.25) is 5.02 Å². The minimum absolute atomic E-state index is 0.460. The van der Waals surface area contributed by atoms with Crippen molar-refractivity contribution in [1.29, 1.82) is 5.26 Å². The number of rotatable bonds is 6. The van der Waals surface area contributed by atoms with E-state index in [1.807, 2.05) is 55.5 Å². The zero-order chi connectivity index (χ0) is 18.4. The Morgan fingerprint density at radius 1 is 1.08 bits per heavy atom. The number of benzene rings is 2. The lowest BCUT2D eigenvalue weighted by Gasteiger charge is -2.11. The third kappa shape index (κ3) is 4.71. The number of aryl methyl sites for hydroxylation is 1. The Kier molecular flexibility index (Phi) is 5.67. The number of aromatic nitrogens is 2. The van der Waals surface area contributed by atoms with Crippen molar-refractivity contribution in [3.63, 3.8) is 0 Å². The summed E-state index contributed by atoms with van der Waals surface area (Å²) in [5.74, 6) is 1.20.